The first-order valence-electron chi connectivity index (χ1n) is 8.59. The third-order valence-corrected chi connectivity index (χ3v) is 9.09. The van der Waals surface area contributed by atoms with Crippen LogP contribution in [-0.2, 0) is 36.1 Å². The highest BCUT2D eigenvalue weighted by molar-refractivity contribution is 7.91. The number of morpholine rings is 1. The zero-order chi connectivity index (χ0) is 21.1. The maximum atomic E-state index is 12.6. The number of nitrogens with zero attached hydrogens (tertiary/aromatic N) is 1. The molecule has 1 fully saturated rings. The summed E-state index contributed by atoms with van der Waals surface area (Å²) < 4.78 is 63.9. The topological polar surface area (TPSA) is 119 Å². The van der Waals surface area contributed by atoms with Crippen molar-refractivity contribution in [3.05, 3.63) is 46.8 Å². The zero-order valence-electron chi connectivity index (χ0n) is 15.5. The Morgan fingerprint density at radius 3 is 2.38 bits per heavy atom. The third-order valence-electron chi connectivity index (χ3n) is 4.22. The van der Waals surface area contributed by atoms with Crippen molar-refractivity contribution < 1.29 is 31.1 Å². The van der Waals surface area contributed by atoms with Gasteiger partial charge in [0.1, 0.15) is 4.21 Å². The molecule has 0 amide bonds. The van der Waals surface area contributed by atoms with Gasteiger partial charge in [-0.2, -0.15) is 4.31 Å². The number of hydrogen-bond acceptors (Lipinski definition) is 8. The van der Waals surface area contributed by atoms with Crippen molar-refractivity contribution in [1.29, 1.82) is 0 Å². The Kier molecular flexibility index (Phi) is 6.71. The van der Waals surface area contributed by atoms with Crippen molar-refractivity contribution >= 4 is 37.4 Å². The minimum absolute atomic E-state index is 0.0112. The van der Waals surface area contributed by atoms with E-state index in [-0.39, 0.29) is 21.2 Å². The van der Waals surface area contributed by atoms with Crippen molar-refractivity contribution in [3.63, 3.8) is 0 Å². The zero-order valence-corrected chi connectivity index (χ0v) is 18.0. The Labute approximate surface area is 173 Å². The molecule has 2 heterocycles. The van der Waals surface area contributed by atoms with Crippen LogP contribution in [0.4, 0.5) is 0 Å². The van der Waals surface area contributed by atoms with Gasteiger partial charge in [0.15, 0.2) is 0 Å². The van der Waals surface area contributed by atoms with Gasteiger partial charge < -0.3 is 9.47 Å². The van der Waals surface area contributed by atoms with Crippen LogP contribution in [0.1, 0.15) is 15.2 Å². The second kappa shape index (κ2) is 8.90. The smallest absolute Gasteiger partial charge is 0.337 e. The molecule has 3 rings (SSSR count). The number of rotatable bonds is 7. The molecule has 9 nitrogen and oxygen atoms in total. The fourth-order valence-electron chi connectivity index (χ4n) is 2.64. The molecule has 158 valence electrons. The molecule has 2 aromatic rings. The number of methoxy groups -OCH3 is 1. The quantitative estimate of drug-likeness (QED) is 0.613. The van der Waals surface area contributed by atoms with E-state index >= 15 is 0 Å². The van der Waals surface area contributed by atoms with E-state index < -0.39 is 26.0 Å². The molecule has 1 saturated heterocycles. The van der Waals surface area contributed by atoms with Crippen LogP contribution >= 0.6 is 11.3 Å². The summed E-state index contributed by atoms with van der Waals surface area (Å²) in [5, 5.41) is 0. The van der Waals surface area contributed by atoms with Gasteiger partial charge >= 0.3 is 5.97 Å². The van der Waals surface area contributed by atoms with Crippen LogP contribution in [0, 0.1) is 0 Å². The van der Waals surface area contributed by atoms with Crippen LogP contribution in [0.25, 0.3) is 0 Å². The molecule has 1 aromatic heterocycles. The first kappa shape index (κ1) is 21.9. The SMILES string of the molecule is COC(=O)c1ccc(S(=O)(=O)NCc2ccc(S(=O)(=O)N3CCOCC3)s2)cc1. The highest BCUT2D eigenvalue weighted by Gasteiger charge is 2.28. The summed E-state index contributed by atoms with van der Waals surface area (Å²) in [6, 6.07) is 8.39. The fraction of sp³-hybridized carbons (Fsp3) is 0.353. The first-order valence-corrected chi connectivity index (χ1v) is 12.3. The molecule has 0 bridgehead atoms. The van der Waals surface area contributed by atoms with Gasteiger partial charge in [-0.25, -0.2) is 26.4 Å². The van der Waals surface area contributed by atoms with E-state index in [1.807, 2.05) is 0 Å². The lowest BCUT2D eigenvalue weighted by molar-refractivity contribution is 0.0600. The average Bonchev–Trinajstić information content (AvgIpc) is 3.22. The second-order valence-corrected chi connectivity index (χ2v) is 11.2. The number of benzene rings is 1. The Morgan fingerprint density at radius 1 is 1.10 bits per heavy atom. The highest BCUT2D eigenvalue weighted by atomic mass is 32.2. The monoisotopic (exact) mass is 460 g/mol. The summed E-state index contributed by atoms with van der Waals surface area (Å²) in [7, 11) is -6.20. The summed E-state index contributed by atoms with van der Waals surface area (Å²) >= 11 is 1.02. The van der Waals surface area contributed by atoms with E-state index in [9.17, 15) is 21.6 Å². The molecule has 12 heteroatoms. The Morgan fingerprint density at radius 2 is 1.76 bits per heavy atom. The van der Waals surface area contributed by atoms with Gasteiger partial charge in [0.25, 0.3) is 10.0 Å². The van der Waals surface area contributed by atoms with Crippen LogP contribution in [0.2, 0.25) is 0 Å². The maximum absolute atomic E-state index is 12.6. The summed E-state index contributed by atoms with van der Waals surface area (Å²) in [6.45, 7) is 1.25. The standard InChI is InChI=1S/C17H20N2O7S3/c1-25-17(20)13-2-5-15(6-3-13)28(21,22)18-12-14-4-7-16(27-14)29(23,24)19-8-10-26-11-9-19/h2-7,18H,8-12H2,1H3. The van der Waals surface area contributed by atoms with E-state index in [1.165, 1.54) is 41.7 Å². The lowest BCUT2D eigenvalue weighted by atomic mass is 10.2. The third kappa shape index (κ3) is 5.02. The van der Waals surface area contributed by atoms with Crippen molar-refractivity contribution in [3.8, 4) is 0 Å². The van der Waals surface area contributed by atoms with Gasteiger partial charge in [0.2, 0.25) is 10.0 Å². The normalized spacial score (nSPS) is 15.9. The molecule has 1 aliphatic rings. The molecule has 1 aliphatic heterocycles. The van der Waals surface area contributed by atoms with Crippen molar-refractivity contribution in [2.45, 2.75) is 15.6 Å². The first-order chi connectivity index (χ1) is 13.7. The molecule has 1 N–H and O–H groups in total. The summed E-state index contributed by atoms with van der Waals surface area (Å²) in [5.41, 5.74) is 0.239. The molecule has 0 aliphatic carbocycles. The van der Waals surface area contributed by atoms with E-state index in [2.05, 4.69) is 9.46 Å². The molecule has 0 atom stereocenters. The van der Waals surface area contributed by atoms with Crippen molar-refractivity contribution in [2.75, 3.05) is 33.4 Å². The van der Waals surface area contributed by atoms with Gasteiger partial charge in [-0.1, -0.05) is 0 Å². The summed E-state index contributed by atoms with van der Waals surface area (Å²) in [6.07, 6.45) is 0. The molecular weight excluding hydrogens is 440 g/mol. The van der Waals surface area contributed by atoms with E-state index in [1.54, 1.807) is 6.07 Å². The number of hydrogen-bond donors (Lipinski definition) is 1. The van der Waals surface area contributed by atoms with Gasteiger partial charge in [-0.15, -0.1) is 11.3 Å². The number of sulfonamides is 2. The van der Waals surface area contributed by atoms with E-state index in [0.717, 1.165) is 11.3 Å². The number of carbonyl (C=O) groups excluding carboxylic acids is 1. The van der Waals surface area contributed by atoms with Gasteiger partial charge in [0, 0.05) is 24.5 Å². The van der Waals surface area contributed by atoms with E-state index in [0.29, 0.717) is 31.2 Å². The van der Waals surface area contributed by atoms with Crippen molar-refractivity contribution in [2.24, 2.45) is 0 Å². The summed E-state index contributed by atoms with van der Waals surface area (Å²) in [4.78, 5) is 12.0. The summed E-state index contributed by atoms with van der Waals surface area (Å²) in [5.74, 6) is -0.561. The van der Waals surface area contributed by atoms with Crippen molar-refractivity contribution in [1.82, 2.24) is 9.03 Å². The molecule has 0 radical (unpaired) electrons. The Balaban J connectivity index is 1.67. The number of esters is 1. The van der Waals surface area contributed by atoms with Gasteiger partial charge in [0.05, 0.1) is 30.8 Å². The highest BCUT2D eigenvalue weighted by Crippen LogP contribution is 2.26. The average molecular weight is 461 g/mol. The Bertz CT molecular complexity index is 1070. The fourth-order valence-corrected chi connectivity index (χ4v) is 6.60. The minimum atomic E-state index is -3.83. The predicted molar refractivity (Wildman–Crippen MR) is 106 cm³/mol. The predicted octanol–water partition coefficient (Wildman–Crippen LogP) is 1.03. The molecule has 29 heavy (non-hydrogen) atoms. The maximum Gasteiger partial charge on any atom is 0.337 e. The van der Waals surface area contributed by atoms with Gasteiger partial charge in [-0.3, -0.25) is 0 Å². The number of carbonyl (C=O) groups is 1. The number of ether oxygens (including phenoxy) is 2. The minimum Gasteiger partial charge on any atom is -0.465 e. The van der Waals surface area contributed by atoms with Gasteiger partial charge in [-0.05, 0) is 36.4 Å². The lowest BCUT2D eigenvalue weighted by Crippen LogP contribution is -2.40. The molecule has 0 spiro atoms. The van der Waals surface area contributed by atoms with E-state index in [4.69, 9.17) is 4.74 Å². The molecule has 0 unspecified atom stereocenters. The lowest BCUT2D eigenvalue weighted by Gasteiger charge is -2.25. The van der Waals surface area contributed by atoms with Crippen LogP contribution in [0.3, 0.4) is 0 Å². The molecule has 0 saturated carbocycles. The molecule has 1 aromatic carbocycles. The Hall–Kier alpha value is -1.83. The van der Waals surface area contributed by atoms with Crippen LogP contribution in [-0.4, -0.2) is 60.5 Å². The number of thiophene rings is 1. The van der Waals surface area contributed by atoms with Crippen LogP contribution in [0.5, 0.6) is 0 Å². The van der Waals surface area contributed by atoms with Crippen LogP contribution < -0.4 is 4.72 Å². The van der Waals surface area contributed by atoms with Crippen LogP contribution in [0.15, 0.2) is 45.5 Å². The molecular formula is C17H20N2O7S3. The number of nitrogens with one attached hydrogen (secondary N) is 1. The second-order valence-electron chi connectivity index (χ2n) is 6.08. The largest absolute Gasteiger partial charge is 0.465 e.